The van der Waals surface area contributed by atoms with Crippen LogP contribution in [0.2, 0.25) is 0 Å². The zero-order valence-electron chi connectivity index (χ0n) is 9.94. The van der Waals surface area contributed by atoms with Crippen LogP contribution in [-0.4, -0.2) is 23.6 Å². The summed E-state index contributed by atoms with van der Waals surface area (Å²) in [6.07, 6.45) is 0.447. The van der Waals surface area contributed by atoms with Crippen LogP contribution in [0.25, 0.3) is 0 Å². The quantitative estimate of drug-likeness (QED) is 0.664. The van der Waals surface area contributed by atoms with Crippen LogP contribution in [0.15, 0.2) is 36.4 Å². The fraction of sp³-hybridized carbons (Fsp3) is 0.308. The molecule has 4 nitrogen and oxygen atoms in total. The van der Waals surface area contributed by atoms with Gasteiger partial charge in [-0.05, 0) is 31.0 Å². The summed E-state index contributed by atoms with van der Waals surface area (Å²) in [6, 6.07) is 6.07. The molecule has 0 bridgehead atoms. The number of rotatable bonds is 5. The number of nitrogens with two attached hydrogens (primary N) is 1. The lowest BCUT2D eigenvalue weighted by atomic mass is 10.1. The summed E-state index contributed by atoms with van der Waals surface area (Å²) < 4.78 is 0. The summed E-state index contributed by atoms with van der Waals surface area (Å²) in [5.41, 5.74) is 7.57. The van der Waals surface area contributed by atoms with Crippen LogP contribution in [0.1, 0.15) is 12.5 Å². The highest BCUT2D eigenvalue weighted by molar-refractivity contribution is 5.82. The van der Waals surface area contributed by atoms with Crippen molar-refractivity contribution < 1.29 is 9.90 Å². The van der Waals surface area contributed by atoms with E-state index in [0.717, 1.165) is 11.1 Å². The van der Waals surface area contributed by atoms with Crippen LogP contribution in [0, 0.1) is 0 Å². The Morgan fingerprint density at radius 1 is 1.47 bits per heavy atom. The Morgan fingerprint density at radius 2 is 2.06 bits per heavy atom. The summed E-state index contributed by atoms with van der Waals surface area (Å²) in [5, 5.41) is 11.8. The maximum Gasteiger partial charge on any atom is 0.237 e. The molecule has 4 heteroatoms. The van der Waals surface area contributed by atoms with Gasteiger partial charge in [0.2, 0.25) is 5.91 Å². The number of hydrogen-bond donors (Lipinski definition) is 3. The summed E-state index contributed by atoms with van der Waals surface area (Å²) >= 11 is 0. The molecule has 0 spiro atoms. The monoisotopic (exact) mass is 234 g/mol. The Balaban J connectivity index is 2.48. The van der Waals surface area contributed by atoms with E-state index >= 15 is 0 Å². The molecular weight excluding hydrogens is 216 g/mol. The van der Waals surface area contributed by atoms with Gasteiger partial charge >= 0.3 is 0 Å². The molecule has 0 radical (unpaired) electrons. The van der Waals surface area contributed by atoms with Crippen LogP contribution >= 0.6 is 0 Å². The average molecular weight is 234 g/mol. The minimum atomic E-state index is -0.584. The SMILES string of the molecule is C=C(C)CNC(=O)C(N)Cc1ccc(O)cc1. The largest absolute Gasteiger partial charge is 0.508 e. The Labute approximate surface area is 101 Å². The predicted octanol–water partition coefficient (Wildman–Crippen LogP) is 0.954. The van der Waals surface area contributed by atoms with E-state index in [1.165, 1.54) is 0 Å². The van der Waals surface area contributed by atoms with Crippen molar-refractivity contribution in [2.45, 2.75) is 19.4 Å². The lowest BCUT2D eigenvalue weighted by Crippen LogP contribution is -2.42. The van der Waals surface area contributed by atoms with Crippen molar-refractivity contribution in [2.75, 3.05) is 6.54 Å². The van der Waals surface area contributed by atoms with Gasteiger partial charge in [-0.1, -0.05) is 24.3 Å². The highest BCUT2D eigenvalue weighted by atomic mass is 16.3. The zero-order chi connectivity index (χ0) is 12.8. The number of nitrogens with one attached hydrogen (secondary N) is 1. The van der Waals surface area contributed by atoms with E-state index < -0.39 is 6.04 Å². The molecule has 4 N–H and O–H groups in total. The van der Waals surface area contributed by atoms with E-state index in [-0.39, 0.29) is 11.7 Å². The van der Waals surface area contributed by atoms with E-state index in [9.17, 15) is 4.79 Å². The topological polar surface area (TPSA) is 75.4 Å². The molecule has 1 rings (SSSR count). The number of benzene rings is 1. The highest BCUT2D eigenvalue weighted by Crippen LogP contribution is 2.10. The second-order valence-electron chi connectivity index (χ2n) is 4.15. The first kappa shape index (κ1) is 13.3. The van der Waals surface area contributed by atoms with Crippen molar-refractivity contribution in [2.24, 2.45) is 5.73 Å². The van der Waals surface area contributed by atoms with Crippen LogP contribution in [0.3, 0.4) is 0 Å². The van der Waals surface area contributed by atoms with E-state index in [2.05, 4.69) is 11.9 Å². The van der Waals surface area contributed by atoms with E-state index in [4.69, 9.17) is 10.8 Å². The minimum Gasteiger partial charge on any atom is -0.508 e. The van der Waals surface area contributed by atoms with Crippen molar-refractivity contribution in [3.05, 3.63) is 42.0 Å². The van der Waals surface area contributed by atoms with Crippen molar-refractivity contribution in [3.63, 3.8) is 0 Å². The lowest BCUT2D eigenvalue weighted by Gasteiger charge is -2.12. The molecule has 1 amide bonds. The molecule has 0 heterocycles. The molecule has 0 aromatic heterocycles. The number of carbonyl (C=O) groups excluding carboxylic acids is 1. The molecule has 0 fully saturated rings. The van der Waals surface area contributed by atoms with Crippen molar-refractivity contribution in [1.82, 2.24) is 5.32 Å². The molecule has 1 unspecified atom stereocenters. The van der Waals surface area contributed by atoms with E-state index in [1.807, 2.05) is 6.92 Å². The molecule has 92 valence electrons. The number of phenolic OH excluding ortho intramolecular Hbond substituents is 1. The summed E-state index contributed by atoms with van der Waals surface area (Å²) in [4.78, 5) is 11.6. The van der Waals surface area contributed by atoms with Gasteiger partial charge in [-0.2, -0.15) is 0 Å². The normalized spacial score (nSPS) is 11.9. The number of hydrogen-bond acceptors (Lipinski definition) is 3. The Kier molecular flexibility index (Phi) is 4.72. The Bertz CT molecular complexity index is 398. The highest BCUT2D eigenvalue weighted by Gasteiger charge is 2.13. The Hall–Kier alpha value is -1.81. The van der Waals surface area contributed by atoms with Crippen molar-refractivity contribution >= 4 is 5.91 Å². The van der Waals surface area contributed by atoms with Gasteiger partial charge in [0.25, 0.3) is 0 Å². The van der Waals surface area contributed by atoms with Gasteiger partial charge in [-0.3, -0.25) is 4.79 Å². The van der Waals surface area contributed by atoms with Gasteiger partial charge in [0, 0.05) is 6.54 Å². The average Bonchev–Trinajstić information content (AvgIpc) is 2.28. The third-order valence-corrected chi connectivity index (χ3v) is 2.29. The fourth-order valence-corrected chi connectivity index (χ4v) is 1.35. The van der Waals surface area contributed by atoms with Gasteiger partial charge in [0.05, 0.1) is 6.04 Å². The van der Waals surface area contributed by atoms with Gasteiger partial charge in [0.1, 0.15) is 5.75 Å². The van der Waals surface area contributed by atoms with E-state index in [1.54, 1.807) is 24.3 Å². The maximum absolute atomic E-state index is 11.6. The van der Waals surface area contributed by atoms with Gasteiger partial charge in [0.15, 0.2) is 0 Å². The predicted molar refractivity (Wildman–Crippen MR) is 67.6 cm³/mol. The lowest BCUT2D eigenvalue weighted by molar-refractivity contribution is -0.122. The number of amides is 1. The second-order valence-corrected chi connectivity index (χ2v) is 4.15. The van der Waals surface area contributed by atoms with Crippen LogP contribution < -0.4 is 11.1 Å². The molecule has 0 aliphatic carbocycles. The first-order chi connectivity index (χ1) is 7.99. The molecule has 0 aliphatic rings. The van der Waals surface area contributed by atoms with Gasteiger partial charge < -0.3 is 16.2 Å². The Morgan fingerprint density at radius 3 is 2.59 bits per heavy atom. The minimum absolute atomic E-state index is 0.193. The summed E-state index contributed by atoms with van der Waals surface area (Å²) in [7, 11) is 0. The zero-order valence-corrected chi connectivity index (χ0v) is 9.94. The molecule has 0 aliphatic heterocycles. The standard InChI is InChI=1S/C13H18N2O2/c1-9(2)8-15-13(17)12(14)7-10-3-5-11(16)6-4-10/h3-6,12,16H,1,7-8,14H2,2H3,(H,15,17). The molecule has 1 aromatic carbocycles. The van der Waals surface area contributed by atoms with Gasteiger partial charge in [-0.25, -0.2) is 0 Å². The third-order valence-electron chi connectivity index (χ3n) is 2.29. The molecule has 0 saturated heterocycles. The number of phenols is 1. The molecule has 0 saturated carbocycles. The van der Waals surface area contributed by atoms with Crippen molar-refractivity contribution in [1.29, 1.82) is 0 Å². The first-order valence-electron chi connectivity index (χ1n) is 5.44. The number of aromatic hydroxyl groups is 1. The third kappa shape index (κ3) is 4.70. The second kappa shape index (κ2) is 6.06. The van der Waals surface area contributed by atoms with Crippen LogP contribution in [0.4, 0.5) is 0 Å². The maximum atomic E-state index is 11.6. The molecule has 17 heavy (non-hydrogen) atoms. The molecular formula is C13H18N2O2. The molecule has 1 atom stereocenters. The summed E-state index contributed by atoms with van der Waals surface area (Å²) in [5.74, 6) is 0.00938. The summed E-state index contributed by atoms with van der Waals surface area (Å²) in [6.45, 7) is 5.98. The van der Waals surface area contributed by atoms with Crippen LogP contribution in [-0.2, 0) is 11.2 Å². The first-order valence-corrected chi connectivity index (χ1v) is 5.44. The van der Waals surface area contributed by atoms with Crippen molar-refractivity contribution in [3.8, 4) is 5.75 Å². The fourth-order valence-electron chi connectivity index (χ4n) is 1.35. The van der Waals surface area contributed by atoms with E-state index in [0.29, 0.717) is 13.0 Å². The molecule has 1 aromatic rings. The van der Waals surface area contributed by atoms with Crippen LogP contribution in [0.5, 0.6) is 5.75 Å². The van der Waals surface area contributed by atoms with Gasteiger partial charge in [-0.15, -0.1) is 0 Å². The number of carbonyl (C=O) groups is 1. The smallest absolute Gasteiger partial charge is 0.237 e.